The molecular formula is C30H40F2N6O7S2. The molecule has 4 heterocycles. The number of alkyl halides is 2. The lowest BCUT2D eigenvalue weighted by Crippen LogP contribution is -2.41. The van der Waals surface area contributed by atoms with Crippen LogP contribution in [-0.4, -0.2) is 66.3 Å². The predicted molar refractivity (Wildman–Crippen MR) is 172 cm³/mol. The molecule has 1 fully saturated rings. The van der Waals surface area contributed by atoms with Crippen LogP contribution in [-0.2, 0) is 25.5 Å². The Hall–Kier alpha value is -3.25. The monoisotopic (exact) mass is 698 g/mol. The number of rotatable bonds is 16. The summed E-state index contributed by atoms with van der Waals surface area (Å²) in [5.41, 5.74) is -1.20. The number of amides is 2. The van der Waals surface area contributed by atoms with E-state index in [2.05, 4.69) is 46.4 Å². The Morgan fingerprint density at radius 2 is 1.72 bits per heavy atom. The highest BCUT2D eigenvalue weighted by Crippen LogP contribution is 2.42. The van der Waals surface area contributed by atoms with Gasteiger partial charge in [-0.1, -0.05) is 57.8 Å². The van der Waals surface area contributed by atoms with Crippen molar-refractivity contribution in [2.45, 2.75) is 112 Å². The fourth-order valence-corrected chi connectivity index (χ4v) is 6.43. The van der Waals surface area contributed by atoms with Crippen LogP contribution in [0.1, 0.15) is 90.0 Å². The van der Waals surface area contributed by atoms with Crippen LogP contribution in [0.25, 0.3) is 0 Å². The maximum atomic E-state index is 14.3. The number of thiazole rings is 1. The van der Waals surface area contributed by atoms with E-state index >= 15 is 0 Å². The second-order valence-corrected chi connectivity index (χ2v) is 14.5. The second-order valence-electron chi connectivity index (χ2n) is 12.2. The number of thioether (sulfide) groups is 1. The Labute approximate surface area is 278 Å². The average Bonchev–Trinajstić information content (AvgIpc) is 3.72. The lowest BCUT2D eigenvalue weighted by molar-refractivity contribution is -0.141. The summed E-state index contributed by atoms with van der Waals surface area (Å²) in [7, 11) is 0. The molecule has 17 heteroatoms. The molecule has 0 radical (unpaired) electrons. The van der Waals surface area contributed by atoms with Gasteiger partial charge in [0.05, 0.1) is 29.0 Å². The lowest BCUT2D eigenvalue weighted by atomic mass is 9.94. The van der Waals surface area contributed by atoms with Crippen molar-refractivity contribution < 1.29 is 37.7 Å². The number of hydrogen-bond donors (Lipinski definition) is 4. The van der Waals surface area contributed by atoms with Crippen LogP contribution < -0.4 is 16.3 Å². The van der Waals surface area contributed by atoms with E-state index in [4.69, 9.17) is 14.3 Å². The lowest BCUT2D eigenvalue weighted by Gasteiger charge is -2.21. The largest absolute Gasteiger partial charge is 0.444 e. The van der Waals surface area contributed by atoms with Gasteiger partial charge in [-0.15, -0.1) is 11.8 Å². The zero-order valence-electron chi connectivity index (χ0n) is 26.4. The number of carbonyl (C=O) groups excluding carboxylic acids is 2. The van der Waals surface area contributed by atoms with Gasteiger partial charge >= 0.3 is 11.6 Å². The van der Waals surface area contributed by atoms with Crippen molar-refractivity contribution >= 4 is 45.9 Å². The number of hydrogen-bond acceptors (Lipinski definition) is 12. The quantitative estimate of drug-likeness (QED) is 0.118. The van der Waals surface area contributed by atoms with E-state index in [9.17, 15) is 28.3 Å². The Morgan fingerprint density at radius 1 is 1.06 bits per heavy atom. The number of ether oxygens (including phenoxy) is 1. The summed E-state index contributed by atoms with van der Waals surface area (Å²) in [4.78, 5) is 49.1. The van der Waals surface area contributed by atoms with Crippen molar-refractivity contribution in [3.05, 3.63) is 46.8 Å². The summed E-state index contributed by atoms with van der Waals surface area (Å²) < 4.78 is 40.9. The van der Waals surface area contributed by atoms with E-state index in [1.165, 1.54) is 17.4 Å². The van der Waals surface area contributed by atoms with Crippen LogP contribution >= 0.6 is 23.1 Å². The van der Waals surface area contributed by atoms with Crippen molar-refractivity contribution in [3.8, 4) is 0 Å². The van der Waals surface area contributed by atoms with E-state index in [1.54, 1.807) is 24.2 Å². The van der Waals surface area contributed by atoms with Gasteiger partial charge in [-0.3, -0.25) is 14.2 Å². The molecule has 3 aromatic rings. The molecule has 47 heavy (non-hydrogen) atoms. The summed E-state index contributed by atoms with van der Waals surface area (Å²) in [5.74, 6) is -2.32. The maximum Gasteiger partial charge on any atom is 0.351 e. The SMILES string of the molecule is CC(C)(C)c1cnc(CSc2cnc(NC(=O)CCCCCCCCC(=O)Nc3ccn([C@@H]4O[C@H](CO)[C@@H](O)C4(F)F)c(=O)n3)s2)o1. The molecule has 4 N–H and O–H groups in total. The van der Waals surface area contributed by atoms with Gasteiger partial charge in [0.25, 0.3) is 0 Å². The predicted octanol–water partition coefficient (Wildman–Crippen LogP) is 4.86. The number of halogens is 2. The molecule has 3 aromatic heterocycles. The molecule has 0 bridgehead atoms. The van der Waals surface area contributed by atoms with Crippen molar-refractivity contribution in [3.63, 3.8) is 0 Å². The number of aliphatic hydroxyl groups is 2. The zero-order valence-corrected chi connectivity index (χ0v) is 28.0. The summed E-state index contributed by atoms with van der Waals surface area (Å²) in [5, 5.41) is 24.6. The van der Waals surface area contributed by atoms with E-state index < -0.39 is 36.7 Å². The van der Waals surface area contributed by atoms with Gasteiger partial charge in [0.2, 0.25) is 23.9 Å². The summed E-state index contributed by atoms with van der Waals surface area (Å²) in [6.07, 6.45) is 3.86. The summed E-state index contributed by atoms with van der Waals surface area (Å²) >= 11 is 2.96. The van der Waals surface area contributed by atoms with Crippen LogP contribution in [0.15, 0.2) is 38.1 Å². The number of carbonyl (C=O) groups is 2. The number of aromatic nitrogens is 4. The van der Waals surface area contributed by atoms with Crippen molar-refractivity contribution in [1.82, 2.24) is 19.5 Å². The topological polar surface area (TPSA) is 182 Å². The minimum Gasteiger partial charge on any atom is -0.444 e. The minimum atomic E-state index is -3.82. The third-order valence-electron chi connectivity index (χ3n) is 7.33. The highest BCUT2D eigenvalue weighted by atomic mass is 32.2. The van der Waals surface area contributed by atoms with Gasteiger partial charge in [0.15, 0.2) is 11.2 Å². The highest BCUT2D eigenvalue weighted by Gasteiger charge is 2.59. The molecule has 0 aromatic carbocycles. The molecule has 1 aliphatic heterocycles. The smallest absolute Gasteiger partial charge is 0.351 e. The molecule has 0 unspecified atom stereocenters. The van der Waals surface area contributed by atoms with Crippen LogP contribution in [0.5, 0.6) is 0 Å². The van der Waals surface area contributed by atoms with Gasteiger partial charge < -0.3 is 30.0 Å². The molecule has 13 nitrogen and oxygen atoms in total. The Bertz CT molecular complexity index is 1560. The molecular weight excluding hydrogens is 658 g/mol. The Kier molecular flexibility index (Phi) is 12.6. The Balaban J connectivity index is 1.06. The third kappa shape index (κ3) is 10.1. The average molecular weight is 699 g/mol. The first kappa shape index (κ1) is 36.6. The highest BCUT2D eigenvalue weighted by molar-refractivity contribution is 8.00. The number of nitrogens with one attached hydrogen (secondary N) is 2. The molecule has 1 saturated heterocycles. The van der Waals surface area contributed by atoms with Gasteiger partial charge in [-0.05, 0) is 18.9 Å². The molecule has 3 atom stereocenters. The molecule has 258 valence electrons. The number of aliphatic hydroxyl groups excluding tert-OH is 2. The van der Waals surface area contributed by atoms with Gasteiger partial charge in [0.1, 0.15) is 17.7 Å². The molecule has 0 spiro atoms. The first-order chi connectivity index (χ1) is 22.3. The fraction of sp³-hybridized carbons (Fsp3) is 0.600. The zero-order chi connectivity index (χ0) is 34.2. The number of anilines is 2. The van der Waals surface area contributed by atoms with E-state index in [1.807, 2.05) is 0 Å². The fourth-order valence-electron chi connectivity index (χ4n) is 4.69. The van der Waals surface area contributed by atoms with Gasteiger partial charge in [0, 0.05) is 24.5 Å². The first-order valence-corrected chi connectivity index (χ1v) is 17.1. The minimum absolute atomic E-state index is 0.0900. The van der Waals surface area contributed by atoms with Crippen LogP contribution in [0.3, 0.4) is 0 Å². The van der Waals surface area contributed by atoms with Crippen LogP contribution in [0.4, 0.5) is 19.7 Å². The maximum absolute atomic E-state index is 14.3. The van der Waals surface area contributed by atoms with Crippen LogP contribution in [0.2, 0.25) is 0 Å². The van der Waals surface area contributed by atoms with E-state index in [-0.39, 0.29) is 29.5 Å². The van der Waals surface area contributed by atoms with Gasteiger partial charge in [-0.2, -0.15) is 13.8 Å². The normalized spacial score (nSPS) is 19.2. The van der Waals surface area contributed by atoms with Crippen molar-refractivity contribution in [1.29, 1.82) is 0 Å². The second kappa shape index (κ2) is 16.2. The third-order valence-corrected chi connectivity index (χ3v) is 9.42. The molecule has 0 aliphatic carbocycles. The number of oxazole rings is 1. The van der Waals surface area contributed by atoms with E-state index in [0.29, 0.717) is 34.2 Å². The molecule has 4 rings (SSSR count). The first-order valence-electron chi connectivity index (χ1n) is 15.3. The standard InChI is InChI=1S/C30H40F2N6O7S2/c1-29(2,3)19-14-33-23(45-19)17-46-24-15-34-27(47-24)37-22(41)11-9-7-5-4-6-8-10-21(40)35-20-12-13-38(28(43)36-20)26-30(31,32)25(42)18(16-39)44-26/h12-15,18,25-26,39,42H,4-11,16-17H2,1-3H3,(H,34,37,41)(H,35,36,40,43)/t18-,25-,26-/m1/s1. The summed E-state index contributed by atoms with van der Waals surface area (Å²) in [6.45, 7) is 5.35. The van der Waals surface area contributed by atoms with Crippen LogP contribution in [0, 0.1) is 0 Å². The van der Waals surface area contributed by atoms with E-state index in [0.717, 1.165) is 48.3 Å². The number of unbranched alkanes of at least 4 members (excludes halogenated alkanes) is 5. The van der Waals surface area contributed by atoms with Crippen molar-refractivity contribution in [2.24, 2.45) is 0 Å². The van der Waals surface area contributed by atoms with Gasteiger partial charge in [-0.25, -0.2) is 14.8 Å². The molecule has 0 saturated carbocycles. The van der Waals surface area contributed by atoms with Crippen molar-refractivity contribution in [2.75, 3.05) is 17.2 Å². The Morgan fingerprint density at radius 3 is 2.32 bits per heavy atom. The molecule has 2 amide bonds. The number of nitrogens with zero attached hydrogens (tertiary/aromatic N) is 4. The summed E-state index contributed by atoms with van der Waals surface area (Å²) in [6, 6.07) is 1.18. The molecule has 1 aliphatic rings.